The highest BCUT2D eigenvalue weighted by Crippen LogP contribution is 2.11. The summed E-state index contributed by atoms with van der Waals surface area (Å²) in [6.07, 6.45) is 6.92. The molecule has 1 aromatic carbocycles. The molecule has 25 heavy (non-hydrogen) atoms. The molecule has 0 fully saturated rings. The van der Waals surface area contributed by atoms with E-state index < -0.39 is 0 Å². The van der Waals surface area contributed by atoms with Gasteiger partial charge in [-0.3, -0.25) is 4.79 Å². The number of hydrogen-bond acceptors (Lipinski definition) is 3. The van der Waals surface area contributed by atoms with E-state index in [0.717, 1.165) is 40.6 Å². The van der Waals surface area contributed by atoms with Gasteiger partial charge in [-0.15, -0.1) is 0 Å². The van der Waals surface area contributed by atoms with Gasteiger partial charge in [0.15, 0.2) is 5.65 Å². The maximum atomic E-state index is 11.9. The van der Waals surface area contributed by atoms with Gasteiger partial charge in [0.25, 0.3) is 0 Å². The molecule has 0 saturated heterocycles. The fourth-order valence-corrected chi connectivity index (χ4v) is 2.94. The molecule has 0 spiro atoms. The van der Waals surface area contributed by atoms with Gasteiger partial charge < -0.3 is 5.32 Å². The van der Waals surface area contributed by atoms with Crippen molar-refractivity contribution in [1.82, 2.24) is 19.9 Å². The van der Waals surface area contributed by atoms with Crippen LogP contribution in [0.5, 0.6) is 0 Å². The third kappa shape index (κ3) is 5.13. The van der Waals surface area contributed by atoms with Crippen molar-refractivity contribution in [3.8, 4) is 0 Å². The Morgan fingerprint density at radius 2 is 2.00 bits per heavy atom. The van der Waals surface area contributed by atoms with E-state index in [1.54, 1.807) is 0 Å². The highest BCUT2D eigenvalue weighted by atomic mass is 79.9. The fraction of sp³-hybridized carbons (Fsp3) is 0.316. The Labute approximate surface area is 155 Å². The number of benzene rings is 1. The van der Waals surface area contributed by atoms with Crippen molar-refractivity contribution in [2.24, 2.45) is 0 Å². The van der Waals surface area contributed by atoms with Gasteiger partial charge in [-0.25, -0.2) is 9.50 Å². The summed E-state index contributed by atoms with van der Waals surface area (Å²) < 4.78 is 2.86. The van der Waals surface area contributed by atoms with Gasteiger partial charge in [0, 0.05) is 35.9 Å². The second-order valence-corrected chi connectivity index (χ2v) is 7.05. The largest absolute Gasteiger partial charge is 0.356 e. The predicted octanol–water partition coefficient (Wildman–Crippen LogP) is 3.48. The van der Waals surface area contributed by atoms with Crippen molar-refractivity contribution in [2.75, 3.05) is 6.54 Å². The maximum absolute atomic E-state index is 11.9. The van der Waals surface area contributed by atoms with Crippen LogP contribution in [0.15, 0.2) is 47.2 Å². The minimum atomic E-state index is 0.0965. The van der Waals surface area contributed by atoms with E-state index in [2.05, 4.69) is 31.3 Å². The summed E-state index contributed by atoms with van der Waals surface area (Å²) in [6.45, 7) is 2.63. The Bertz CT molecular complexity index is 857. The molecular formula is C19H21BrN4O. The average molecular weight is 401 g/mol. The quantitative estimate of drug-likeness (QED) is 0.617. The highest BCUT2D eigenvalue weighted by Gasteiger charge is 2.04. The third-order valence-corrected chi connectivity index (χ3v) is 4.54. The minimum Gasteiger partial charge on any atom is -0.356 e. The first-order valence-corrected chi connectivity index (χ1v) is 9.21. The number of amides is 1. The van der Waals surface area contributed by atoms with E-state index in [4.69, 9.17) is 0 Å². The molecule has 0 saturated carbocycles. The zero-order chi connectivity index (χ0) is 17.6. The van der Waals surface area contributed by atoms with Crippen LogP contribution in [0.3, 0.4) is 0 Å². The summed E-state index contributed by atoms with van der Waals surface area (Å²) in [6, 6.07) is 10.0. The number of hydrogen-bond donors (Lipinski definition) is 1. The number of nitrogens with zero attached hydrogens (tertiary/aromatic N) is 3. The predicted molar refractivity (Wildman–Crippen MR) is 102 cm³/mol. The van der Waals surface area contributed by atoms with E-state index in [9.17, 15) is 4.79 Å². The smallest absolute Gasteiger partial charge is 0.220 e. The molecule has 3 rings (SSSR count). The van der Waals surface area contributed by atoms with Crippen molar-refractivity contribution >= 4 is 27.5 Å². The molecule has 2 aromatic heterocycles. The van der Waals surface area contributed by atoms with E-state index in [0.29, 0.717) is 13.0 Å². The lowest BCUT2D eigenvalue weighted by Gasteiger charge is -2.06. The molecule has 0 aliphatic rings. The van der Waals surface area contributed by atoms with Gasteiger partial charge in [-0.2, -0.15) is 5.10 Å². The lowest BCUT2D eigenvalue weighted by Crippen LogP contribution is -2.25. The van der Waals surface area contributed by atoms with Crippen molar-refractivity contribution in [1.29, 1.82) is 0 Å². The number of aromatic nitrogens is 3. The van der Waals surface area contributed by atoms with E-state index in [1.165, 1.54) is 5.56 Å². The van der Waals surface area contributed by atoms with Crippen molar-refractivity contribution in [3.05, 3.63) is 64.0 Å². The topological polar surface area (TPSA) is 59.3 Å². The van der Waals surface area contributed by atoms with E-state index in [-0.39, 0.29) is 5.91 Å². The van der Waals surface area contributed by atoms with Crippen molar-refractivity contribution in [3.63, 3.8) is 0 Å². The molecule has 0 unspecified atom stereocenters. The van der Waals surface area contributed by atoms with Crippen molar-refractivity contribution < 1.29 is 4.79 Å². The monoisotopic (exact) mass is 400 g/mol. The van der Waals surface area contributed by atoms with Crippen LogP contribution in [-0.2, 0) is 17.6 Å². The number of aryl methyl sites for hydroxylation is 3. The van der Waals surface area contributed by atoms with Crippen molar-refractivity contribution in [2.45, 2.75) is 32.6 Å². The number of carbonyl (C=O) groups excluding carboxylic acids is 1. The molecule has 0 atom stereocenters. The Kier molecular flexibility index (Phi) is 5.81. The van der Waals surface area contributed by atoms with E-state index >= 15 is 0 Å². The maximum Gasteiger partial charge on any atom is 0.220 e. The molecule has 1 N–H and O–H groups in total. The molecule has 130 valence electrons. The molecule has 5 nitrogen and oxygen atoms in total. The molecule has 0 aliphatic carbocycles. The minimum absolute atomic E-state index is 0.0965. The summed E-state index contributed by atoms with van der Waals surface area (Å²) in [5, 5.41) is 7.36. The molecule has 6 heteroatoms. The number of halogens is 1. The first kappa shape index (κ1) is 17.6. The van der Waals surface area contributed by atoms with E-state index in [1.807, 2.05) is 54.2 Å². The van der Waals surface area contributed by atoms with Crippen LogP contribution in [0.1, 0.15) is 29.7 Å². The van der Waals surface area contributed by atoms with Gasteiger partial charge in [0.2, 0.25) is 5.91 Å². The lowest BCUT2D eigenvalue weighted by atomic mass is 10.1. The Morgan fingerprint density at radius 1 is 1.20 bits per heavy atom. The molecular weight excluding hydrogens is 380 g/mol. The molecule has 2 heterocycles. The molecule has 0 bridgehead atoms. The molecule has 3 aromatic rings. The Hall–Kier alpha value is -2.21. The number of carbonyl (C=O) groups is 1. The summed E-state index contributed by atoms with van der Waals surface area (Å²) in [5.41, 5.74) is 4.12. The third-order valence-electron chi connectivity index (χ3n) is 4.01. The van der Waals surface area contributed by atoms with Crippen LogP contribution in [0.25, 0.3) is 5.65 Å². The van der Waals surface area contributed by atoms with Crippen LogP contribution < -0.4 is 5.32 Å². The Balaban J connectivity index is 1.38. The van der Waals surface area contributed by atoms with Gasteiger partial charge in [0.05, 0.1) is 5.69 Å². The highest BCUT2D eigenvalue weighted by molar-refractivity contribution is 9.10. The molecule has 0 radical (unpaired) electrons. The van der Waals surface area contributed by atoms with Gasteiger partial charge in [0.1, 0.15) is 0 Å². The average Bonchev–Trinajstić information content (AvgIpc) is 2.97. The first-order chi connectivity index (χ1) is 12.1. The molecule has 0 aliphatic heterocycles. The van der Waals surface area contributed by atoms with Gasteiger partial charge in [-0.05, 0) is 49.4 Å². The van der Waals surface area contributed by atoms with Gasteiger partial charge in [-0.1, -0.05) is 28.1 Å². The van der Waals surface area contributed by atoms with Gasteiger partial charge >= 0.3 is 0 Å². The summed E-state index contributed by atoms with van der Waals surface area (Å²) in [7, 11) is 0. The number of fused-ring (bicyclic) bond motifs is 1. The zero-order valence-electron chi connectivity index (χ0n) is 14.2. The Morgan fingerprint density at radius 3 is 2.80 bits per heavy atom. The zero-order valence-corrected chi connectivity index (χ0v) is 15.8. The van der Waals surface area contributed by atoms with Crippen LogP contribution >= 0.6 is 15.9 Å². The summed E-state index contributed by atoms with van der Waals surface area (Å²) >= 11 is 3.41. The summed E-state index contributed by atoms with van der Waals surface area (Å²) in [5.74, 6) is 0.0965. The van der Waals surface area contributed by atoms with Crippen LogP contribution in [0, 0.1) is 6.92 Å². The number of nitrogens with one attached hydrogen (secondary N) is 1. The second kappa shape index (κ2) is 8.25. The standard InChI is InChI=1S/C19H21BrN4O/c1-14-11-18-22-12-16(13-24(18)23-14)3-2-10-21-19(25)9-6-15-4-7-17(20)8-5-15/h4-5,7-8,11-13H,2-3,6,9-10H2,1H3,(H,21,25). The molecule has 1 amide bonds. The normalized spacial score (nSPS) is 11.0. The van der Waals surface area contributed by atoms with Crippen LogP contribution in [-0.4, -0.2) is 27.0 Å². The fourth-order valence-electron chi connectivity index (χ4n) is 2.68. The van der Waals surface area contributed by atoms with Crippen LogP contribution in [0.2, 0.25) is 0 Å². The van der Waals surface area contributed by atoms with Crippen LogP contribution in [0.4, 0.5) is 0 Å². The first-order valence-electron chi connectivity index (χ1n) is 8.42. The second-order valence-electron chi connectivity index (χ2n) is 6.13. The number of rotatable bonds is 7. The lowest BCUT2D eigenvalue weighted by molar-refractivity contribution is -0.121. The SMILES string of the molecule is Cc1cc2ncc(CCCNC(=O)CCc3ccc(Br)cc3)cn2n1. The summed E-state index contributed by atoms with van der Waals surface area (Å²) in [4.78, 5) is 16.3.